The number of amides is 2. The molecule has 1 atom stereocenters. The van der Waals surface area contributed by atoms with Crippen molar-refractivity contribution in [2.24, 2.45) is 0 Å². The molecular formula is C22H25ClN2O3. The van der Waals surface area contributed by atoms with Gasteiger partial charge in [0.25, 0.3) is 11.8 Å². The molecule has 1 aliphatic heterocycles. The number of hydrogen-bond donors (Lipinski definition) is 1. The van der Waals surface area contributed by atoms with Gasteiger partial charge in [-0.25, -0.2) is 0 Å². The Morgan fingerprint density at radius 1 is 1.04 bits per heavy atom. The minimum absolute atomic E-state index is 0.0405. The molecule has 6 heteroatoms. The predicted octanol–water partition coefficient (Wildman–Crippen LogP) is 4.76. The SMILES string of the molecule is C[C@@H](Oc1cccc(Cl)c1)C(=O)Nc1ccccc1C(=O)N1CCCCCC1. The number of rotatable bonds is 5. The number of benzene rings is 2. The maximum atomic E-state index is 13.0. The first-order chi connectivity index (χ1) is 13.5. The number of nitrogens with one attached hydrogen (secondary N) is 1. The number of carbonyl (C=O) groups excluding carboxylic acids is 2. The third-order valence-electron chi connectivity index (χ3n) is 4.79. The lowest BCUT2D eigenvalue weighted by molar-refractivity contribution is -0.122. The number of carbonyl (C=O) groups is 2. The van der Waals surface area contributed by atoms with E-state index in [9.17, 15) is 9.59 Å². The van der Waals surface area contributed by atoms with Crippen LogP contribution in [0.4, 0.5) is 5.69 Å². The molecule has 1 N–H and O–H groups in total. The topological polar surface area (TPSA) is 58.6 Å². The van der Waals surface area contributed by atoms with Crippen molar-refractivity contribution in [1.82, 2.24) is 4.90 Å². The number of nitrogens with zero attached hydrogens (tertiary/aromatic N) is 1. The van der Waals surface area contributed by atoms with Crippen LogP contribution in [-0.2, 0) is 4.79 Å². The Labute approximate surface area is 170 Å². The van der Waals surface area contributed by atoms with Gasteiger partial charge >= 0.3 is 0 Å². The minimum Gasteiger partial charge on any atom is -0.481 e. The summed E-state index contributed by atoms with van der Waals surface area (Å²) in [6, 6.07) is 14.0. The second-order valence-electron chi connectivity index (χ2n) is 6.96. The summed E-state index contributed by atoms with van der Waals surface area (Å²) in [5.74, 6) is 0.154. The van der Waals surface area contributed by atoms with Crippen LogP contribution in [0.15, 0.2) is 48.5 Å². The van der Waals surface area contributed by atoms with Gasteiger partial charge in [-0.3, -0.25) is 9.59 Å². The molecule has 3 rings (SSSR count). The van der Waals surface area contributed by atoms with E-state index in [0.717, 1.165) is 38.8 Å². The Balaban J connectivity index is 1.69. The van der Waals surface area contributed by atoms with Crippen LogP contribution in [0.25, 0.3) is 0 Å². The van der Waals surface area contributed by atoms with Crippen LogP contribution in [0.2, 0.25) is 5.02 Å². The third kappa shape index (κ3) is 5.26. The van der Waals surface area contributed by atoms with Crippen LogP contribution in [-0.4, -0.2) is 35.9 Å². The van der Waals surface area contributed by atoms with Gasteiger partial charge in [0.05, 0.1) is 11.3 Å². The highest BCUT2D eigenvalue weighted by atomic mass is 35.5. The summed E-state index contributed by atoms with van der Waals surface area (Å²) in [6.07, 6.45) is 3.61. The molecule has 5 nitrogen and oxygen atoms in total. The molecule has 0 radical (unpaired) electrons. The van der Waals surface area contributed by atoms with Crippen LogP contribution < -0.4 is 10.1 Å². The molecular weight excluding hydrogens is 376 g/mol. The third-order valence-corrected chi connectivity index (χ3v) is 5.02. The molecule has 2 aromatic rings. The summed E-state index contributed by atoms with van der Waals surface area (Å²) in [7, 11) is 0. The van der Waals surface area contributed by atoms with Gasteiger partial charge in [-0.1, -0.05) is 42.6 Å². The number of likely N-dealkylation sites (tertiary alicyclic amines) is 1. The first-order valence-electron chi connectivity index (χ1n) is 9.66. The van der Waals surface area contributed by atoms with Crippen LogP contribution in [0, 0.1) is 0 Å². The maximum absolute atomic E-state index is 13.0. The Bertz CT molecular complexity index is 832. The van der Waals surface area contributed by atoms with Crippen molar-refractivity contribution < 1.29 is 14.3 Å². The van der Waals surface area contributed by atoms with Crippen LogP contribution >= 0.6 is 11.6 Å². The van der Waals surface area contributed by atoms with Crippen LogP contribution in [0.5, 0.6) is 5.75 Å². The van der Waals surface area contributed by atoms with Crippen LogP contribution in [0.3, 0.4) is 0 Å². The summed E-state index contributed by atoms with van der Waals surface area (Å²) in [6.45, 7) is 3.18. The van der Waals surface area contributed by atoms with E-state index in [1.807, 2.05) is 11.0 Å². The first kappa shape index (κ1) is 20.2. The normalized spacial score (nSPS) is 15.4. The van der Waals surface area contributed by atoms with Gasteiger partial charge in [-0.15, -0.1) is 0 Å². The fourth-order valence-corrected chi connectivity index (χ4v) is 3.44. The molecule has 0 aromatic heterocycles. The van der Waals surface area contributed by atoms with E-state index in [4.69, 9.17) is 16.3 Å². The Morgan fingerprint density at radius 2 is 1.75 bits per heavy atom. The summed E-state index contributed by atoms with van der Waals surface area (Å²) in [5.41, 5.74) is 1.01. The van der Waals surface area contributed by atoms with Gasteiger partial charge in [-0.05, 0) is 50.1 Å². The molecule has 1 aliphatic rings. The molecule has 0 aliphatic carbocycles. The van der Waals surface area contributed by atoms with Crippen molar-refractivity contribution in [3.05, 3.63) is 59.1 Å². The quantitative estimate of drug-likeness (QED) is 0.786. The number of halogens is 1. The smallest absolute Gasteiger partial charge is 0.265 e. The van der Waals surface area contributed by atoms with Gasteiger partial charge in [0, 0.05) is 18.1 Å². The fourth-order valence-electron chi connectivity index (χ4n) is 3.26. The van der Waals surface area contributed by atoms with Crippen molar-refractivity contribution in [1.29, 1.82) is 0 Å². The highest BCUT2D eigenvalue weighted by molar-refractivity contribution is 6.30. The predicted molar refractivity (Wildman–Crippen MR) is 111 cm³/mol. The molecule has 1 saturated heterocycles. The van der Waals surface area contributed by atoms with Gasteiger partial charge in [0.1, 0.15) is 5.75 Å². The lowest BCUT2D eigenvalue weighted by atomic mass is 10.1. The van der Waals surface area contributed by atoms with E-state index in [1.54, 1.807) is 49.4 Å². The average molecular weight is 401 g/mol. The molecule has 0 bridgehead atoms. The molecule has 2 amide bonds. The minimum atomic E-state index is -0.736. The molecule has 0 saturated carbocycles. The zero-order chi connectivity index (χ0) is 19.9. The summed E-state index contributed by atoms with van der Waals surface area (Å²) in [5, 5.41) is 3.38. The Kier molecular flexibility index (Phi) is 6.93. The number of para-hydroxylation sites is 1. The number of anilines is 1. The number of hydrogen-bond acceptors (Lipinski definition) is 3. The first-order valence-corrected chi connectivity index (χ1v) is 10.0. The summed E-state index contributed by atoms with van der Waals surface area (Å²) in [4.78, 5) is 27.5. The Hall–Kier alpha value is -2.53. The monoisotopic (exact) mass is 400 g/mol. The number of ether oxygens (including phenoxy) is 1. The van der Waals surface area contributed by atoms with E-state index in [2.05, 4.69) is 5.32 Å². The lowest BCUT2D eigenvalue weighted by Crippen LogP contribution is -2.34. The Morgan fingerprint density at radius 3 is 2.46 bits per heavy atom. The lowest BCUT2D eigenvalue weighted by Gasteiger charge is -2.22. The van der Waals surface area contributed by atoms with E-state index >= 15 is 0 Å². The highest BCUT2D eigenvalue weighted by Gasteiger charge is 2.22. The fraction of sp³-hybridized carbons (Fsp3) is 0.364. The molecule has 1 heterocycles. The zero-order valence-corrected chi connectivity index (χ0v) is 16.7. The molecule has 28 heavy (non-hydrogen) atoms. The standard InChI is InChI=1S/C22H25ClN2O3/c1-16(28-18-10-8-9-17(23)15-18)21(26)24-20-12-5-4-11-19(20)22(27)25-13-6-2-3-7-14-25/h4-5,8-12,15-16H,2-3,6-7,13-14H2,1H3,(H,24,26)/t16-/m1/s1. The van der Waals surface area contributed by atoms with E-state index in [0.29, 0.717) is 22.0 Å². The van der Waals surface area contributed by atoms with Gasteiger partial charge in [-0.2, -0.15) is 0 Å². The maximum Gasteiger partial charge on any atom is 0.265 e. The van der Waals surface area contributed by atoms with Gasteiger partial charge in [0.15, 0.2) is 6.10 Å². The van der Waals surface area contributed by atoms with E-state index in [1.165, 1.54) is 0 Å². The molecule has 0 unspecified atom stereocenters. The van der Waals surface area contributed by atoms with E-state index < -0.39 is 6.10 Å². The second kappa shape index (κ2) is 9.60. The highest BCUT2D eigenvalue weighted by Crippen LogP contribution is 2.22. The van der Waals surface area contributed by atoms with Crippen molar-refractivity contribution in [2.75, 3.05) is 18.4 Å². The summed E-state index contributed by atoms with van der Waals surface area (Å²) < 4.78 is 5.67. The molecule has 148 valence electrons. The van der Waals surface area contributed by atoms with E-state index in [-0.39, 0.29) is 11.8 Å². The summed E-state index contributed by atoms with van der Waals surface area (Å²) >= 11 is 5.96. The van der Waals surface area contributed by atoms with Crippen molar-refractivity contribution in [2.45, 2.75) is 38.7 Å². The van der Waals surface area contributed by atoms with Gasteiger partial charge in [0.2, 0.25) is 0 Å². The van der Waals surface area contributed by atoms with Crippen molar-refractivity contribution in [3.63, 3.8) is 0 Å². The molecule has 2 aromatic carbocycles. The zero-order valence-electron chi connectivity index (χ0n) is 16.0. The van der Waals surface area contributed by atoms with Gasteiger partial charge < -0.3 is 15.0 Å². The molecule has 1 fully saturated rings. The van der Waals surface area contributed by atoms with Crippen molar-refractivity contribution in [3.8, 4) is 5.75 Å². The molecule has 0 spiro atoms. The van der Waals surface area contributed by atoms with Crippen molar-refractivity contribution >= 4 is 29.1 Å². The largest absolute Gasteiger partial charge is 0.481 e. The average Bonchev–Trinajstić information content (AvgIpc) is 2.97. The second-order valence-corrected chi connectivity index (χ2v) is 7.40. The van der Waals surface area contributed by atoms with Crippen LogP contribution in [0.1, 0.15) is 43.0 Å².